The lowest BCUT2D eigenvalue weighted by molar-refractivity contribution is -0.124. The van der Waals surface area contributed by atoms with Crippen LogP contribution in [-0.2, 0) is 4.79 Å². The lowest BCUT2D eigenvalue weighted by Crippen LogP contribution is -2.52. The molecule has 2 aliphatic rings. The first kappa shape index (κ1) is 21.2. The third-order valence-electron chi connectivity index (χ3n) is 6.88. The molecule has 1 aliphatic carbocycles. The molecule has 3 rings (SSSR count). The van der Waals surface area contributed by atoms with E-state index in [0.717, 1.165) is 32.6 Å². The number of hydrogen-bond donors (Lipinski definition) is 1. The molecule has 1 heterocycles. The summed E-state index contributed by atoms with van der Waals surface area (Å²) in [6, 6.07) is 6.89. The molecular weight excluding hydrogens is 346 g/mol. The van der Waals surface area contributed by atoms with Crippen molar-refractivity contribution in [3.05, 3.63) is 29.3 Å². The molecule has 1 saturated heterocycles. The van der Waals surface area contributed by atoms with Crippen molar-refractivity contribution in [2.45, 2.75) is 66.3 Å². The second-order valence-corrected chi connectivity index (χ2v) is 9.91. The van der Waals surface area contributed by atoms with Crippen LogP contribution in [0, 0.1) is 25.2 Å². The summed E-state index contributed by atoms with van der Waals surface area (Å²) in [6.07, 6.45) is 4.91. The quantitative estimate of drug-likeness (QED) is 0.846. The lowest BCUT2D eigenvalue weighted by atomic mass is 9.69. The van der Waals surface area contributed by atoms with Crippen LogP contribution in [0.1, 0.15) is 57.6 Å². The molecule has 2 fully saturated rings. The molecule has 1 saturated carbocycles. The van der Waals surface area contributed by atoms with Crippen LogP contribution in [0.3, 0.4) is 0 Å². The molecule has 0 aromatic heterocycles. The van der Waals surface area contributed by atoms with E-state index in [9.17, 15) is 4.79 Å². The molecule has 156 valence electrons. The Morgan fingerprint density at radius 1 is 1.07 bits per heavy atom. The van der Waals surface area contributed by atoms with Gasteiger partial charge in [0.25, 0.3) is 0 Å². The van der Waals surface area contributed by atoms with Gasteiger partial charge in [-0.05, 0) is 55.2 Å². The fraction of sp³-hybridized carbons (Fsp3) is 0.708. The molecule has 1 amide bonds. The van der Waals surface area contributed by atoms with Gasteiger partial charge in [0.1, 0.15) is 0 Å². The van der Waals surface area contributed by atoms with Crippen LogP contribution in [0.5, 0.6) is 0 Å². The van der Waals surface area contributed by atoms with E-state index in [1.807, 2.05) is 0 Å². The molecule has 2 atom stereocenters. The summed E-state index contributed by atoms with van der Waals surface area (Å²) >= 11 is 0. The Kier molecular flexibility index (Phi) is 6.69. The fourth-order valence-corrected chi connectivity index (χ4v) is 5.02. The van der Waals surface area contributed by atoms with E-state index in [2.05, 4.69) is 67.9 Å². The van der Waals surface area contributed by atoms with Gasteiger partial charge in [-0.25, -0.2) is 0 Å². The average molecular weight is 386 g/mol. The highest BCUT2D eigenvalue weighted by Gasteiger charge is 2.35. The average Bonchev–Trinajstić information content (AvgIpc) is 2.64. The zero-order chi connectivity index (χ0) is 20.3. The molecule has 4 nitrogen and oxygen atoms in total. The summed E-state index contributed by atoms with van der Waals surface area (Å²) in [6.45, 7) is 15.8. The van der Waals surface area contributed by atoms with E-state index in [1.54, 1.807) is 0 Å². The predicted molar refractivity (Wildman–Crippen MR) is 118 cm³/mol. The van der Waals surface area contributed by atoms with Crippen LogP contribution in [-0.4, -0.2) is 49.6 Å². The monoisotopic (exact) mass is 385 g/mol. The van der Waals surface area contributed by atoms with E-state index >= 15 is 0 Å². The van der Waals surface area contributed by atoms with Gasteiger partial charge in [0, 0.05) is 37.9 Å². The molecule has 0 spiro atoms. The minimum Gasteiger partial charge on any atom is -0.369 e. The Morgan fingerprint density at radius 3 is 2.43 bits per heavy atom. The number of piperazine rings is 1. The number of hydrogen-bond acceptors (Lipinski definition) is 3. The van der Waals surface area contributed by atoms with Gasteiger partial charge in [-0.2, -0.15) is 0 Å². The Hall–Kier alpha value is -1.55. The molecule has 1 N–H and O–H groups in total. The second-order valence-electron chi connectivity index (χ2n) is 9.91. The topological polar surface area (TPSA) is 35.6 Å². The Bertz CT molecular complexity index is 671. The molecule has 4 heteroatoms. The first-order chi connectivity index (χ1) is 13.3. The SMILES string of the molecule is Cc1cccc(N2CCN(CC(=O)N[C@H]3CCCC[C@H]3C(C)(C)C)CC2)c1C. The van der Waals surface area contributed by atoms with E-state index in [1.165, 1.54) is 36.1 Å². The normalized spacial score (nSPS) is 24.2. The van der Waals surface area contributed by atoms with Gasteiger partial charge in [0.2, 0.25) is 5.91 Å². The molecule has 0 bridgehead atoms. The Balaban J connectivity index is 1.50. The van der Waals surface area contributed by atoms with Crippen LogP contribution in [0.15, 0.2) is 18.2 Å². The number of nitrogens with one attached hydrogen (secondary N) is 1. The molecule has 0 radical (unpaired) electrons. The van der Waals surface area contributed by atoms with Gasteiger partial charge in [-0.15, -0.1) is 0 Å². The van der Waals surface area contributed by atoms with Crippen molar-refractivity contribution < 1.29 is 4.79 Å². The third kappa shape index (κ3) is 5.08. The lowest BCUT2D eigenvalue weighted by Gasteiger charge is -2.41. The third-order valence-corrected chi connectivity index (χ3v) is 6.88. The fourth-order valence-electron chi connectivity index (χ4n) is 5.02. The number of benzene rings is 1. The number of amides is 1. The first-order valence-electron chi connectivity index (χ1n) is 11.1. The molecule has 1 aromatic carbocycles. The summed E-state index contributed by atoms with van der Waals surface area (Å²) in [5.41, 5.74) is 4.33. The maximum Gasteiger partial charge on any atom is 0.234 e. The van der Waals surface area contributed by atoms with Crippen LogP contribution >= 0.6 is 0 Å². The number of rotatable bonds is 4. The zero-order valence-electron chi connectivity index (χ0n) is 18.6. The molecule has 1 aromatic rings. The number of carbonyl (C=O) groups is 1. The second kappa shape index (κ2) is 8.86. The highest BCUT2D eigenvalue weighted by Crippen LogP contribution is 2.38. The van der Waals surface area contributed by atoms with Gasteiger partial charge in [0.15, 0.2) is 0 Å². The maximum atomic E-state index is 12.7. The predicted octanol–water partition coefficient (Wildman–Crippen LogP) is 4.15. The van der Waals surface area contributed by atoms with Crippen molar-refractivity contribution in [1.29, 1.82) is 0 Å². The molecular formula is C24H39N3O. The van der Waals surface area contributed by atoms with Gasteiger partial charge < -0.3 is 10.2 Å². The van der Waals surface area contributed by atoms with E-state index in [4.69, 9.17) is 0 Å². The minimum atomic E-state index is 0.210. The maximum absolute atomic E-state index is 12.7. The van der Waals surface area contributed by atoms with Crippen LogP contribution < -0.4 is 10.2 Å². The largest absolute Gasteiger partial charge is 0.369 e. The summed E-state index contributed by atoms with van der Waals surface area (Å²) < 4.78 is 0. The van der Waals surface area contributed by atoms with Gasteiger partial charge >= 0.3 is 0 Å². The highest BCUT2D eigenvalue weighted by molar-refractivity contribution is 5.78. The summed E-state index contributed by atoms with van der Waals surface area (Å²) in [5, 5.41) is 3.39. The molecule has 28 heavy (non-hydrogen) atoms. The first-order valence-corrected chi connectivity index (χ1v) is 11.1. The van der Waals surface area contributed by atoms with Crippen molar-refractivity contribution in [2.75, 3.05) is 37.6 Å². The minimum absolute atomic E-state index is 0.210. The summed E-state index contributed by atoms with van der Waals surface area (Å²) in [5.74, 6) is 0.799. The number of aryl methyl sites for hydroxylation is 1. The molecule has 1 aliphatic heterocycles. The highest BCUT2D eigenvalue weighted by atomic mass is 16.2. The van der Waals surface area contributed by atoms with Crippen LogP contribution in [0.2, 0.25) is 0 Å². The van der Waals surface area contributed by atoms with Gasteiger partial charge in [-0.3, -0.25) is 9.69 Å². The zero-order valence-corrected chi connectivity index (χ0v) is 18.6. The summed E-state index contributed by atoms with van der Waals surface area (Å²) in [4.78, 5) is 17.5. The number of nitrogens with zero attached hydrogens (tertiary/aromatic N) is 2. The number of anilines is 1. The van der Waals surface area contributed by atoms with E-state index in [-0.39, 0.29) is 11.3 Å². The molecule has 0 unspecified atom stereocenters. The number of carbonyl (C=O) groups excluding carboxylic acids is 1. The Morgan fingerprint density at radius 2 is 1.75 bits per heavy atom. The van der Waals surface area contributed by atoms with Gasteiger partial charge in [-0.1, -0.05) is 45.7 Å². The smallest absolute Gasteiger partial charge is 0.234 e. The standard InChI is InChI=1S/C24H39N3O/c1-18-9-8-12-22(19(18)2)27-15-13-26(14-16-27)17-23(28)25-21-11-7-6-10-20(21)24(3,4)5/h8-9,12,20-21H,6-7,10-11,13-17H2,1-5H3,(H,25,28)/t20-,21+/m1/s1. The van der Waals surface area contributed by atoms with Crippen LogP contribution in [0.4, 0.5) is 5.69 Å². The van der Waals surface area contributed by atoms with Crippen molar-refractivity contribution >= 4 is 11.6 Å². The van der Waals surface area contributed by atoms with Crippen LogP contribution in [0.25, 0.3) is 0 Å². The van der Waals surface area contributed by atoms with Crippen molar-refractivity contribution in [1.82, 2.24) is 10.2 Å². The van der Waals surface area contributed by atoms with Crippen molar-refractivity contribution in [3.63, 3.8) is 0 Å². The van der Waals surface area contributed by atoms with Gasteiger partial charge in [0.05, 0.1) is 6.54 Å². The Labute approximate surface area is 171 Å². The van der Waals surface area contributed by atoms with E-state index in [0.29, 0.717) is 18.5 Å². The van der Waals surface area contributed by atoms with E-state index < -0.39 is 0 Å². The van der Waals surface area contributed by atoms with Crippen molar-refractivity contribution in [2.24, 2.45) is 11.3 Å². The van der Waals surface area contributed by atoms with Crippen molar-refractivity contribution in [3.8, 4) is 0 Å². The summed E-state index contributed by atoms with van der Waals surface area (Å²) in [7, 11) is 0.